The summed E-state index contributed by atoms with van der Waals surface area (Å²) in [5, 5.41) is 0. The zero-order valence-corrected chi connectivity index (χ0v) is 31.5. The van der Waals surface area contributed by atoms with E-state index in [1.807, 2.05) is 0 Å². The third-order valence-electron chi connectivity index (χ3n) is 10.8. The van der Waals surface area contributed by atoms with E-state index < -0.39 is 0 Å². The second-order valence-corrected chi connectivity index (χ2v) is 14.4. The Hall–Kier alpha value is -6.90. The monoisotopic (exact) mass is 720 g/mol. The Bertz CT molecular complexity index is 2530. The molecule has 56 heavy (non-hydrogen) atoms. The van der Waals surface area contributed by atoms with E-state index in [9.17, 15) is 0 Å². The lowest BCUT2D eigenvalue weighted by Crippen LogP contribution is -2.19. The van der Waals surface area contributed by atoms with E-state index in [-0.39, 0.29) is 0 Å². The lowest BCUT2D eigenvalue weighted by molar-refractivity contribution is 0.923. The Morgan fingerprint density at radius 1 is 0.357 bits per heavy atom. The third-order valence-corrected chi connectivity index (χ3v) is 10.8. The molecule has 0 N–H and O–H groups in total. The van der Waals surface area contributed by atoms with Crippen molar-refractivity contribution in [1.82, 2.24) is 0 Å². The van der Waals surface area contributed by atoms with Crippen LogP contribution in [0.25, 0.3) is 33.4 Å². The van der Waals surface area contributed by atoms with E-state index in [4.69, 9.17) is 0 Å². The van der Waals surface area contributed by atoms with Gasteiger partial charge in [0.25, 0.3) is 0 Å². The lowest BCUT2D eigenvalue weighted by atomic mass is 9.93. The molecule has 0 saturated heterocycles. The summed E-state index contributed by atoms with van der Waals surface area (Å²) in [6.45, 7) is 0. The molecule has 7 aromatic carbocycles. The molecule has 0 unspecified atom stereocenters. The van der Waals surface area contributed by atoms with Gasteiger partial charge in [0, 0.05) is 39.6 Å². The molecule has 0 atom stereocenters. The SMILES string of the molecule is C1=CCCC(c2ccc(N(c3ccccc3)c3ccccc3-c3ccc(C4=C(N(c5ccccc5)c5ccc(-c6ccccc6)cc5)CCC=C4)cc3)cc2)=C1. The first kappa shape index (κ1) is 34.8. The summed E-state index contributed by atoms with van der Waals surface area (Å²) in [6.07, 6.45) is 15.4. The highest BCUT2D eigenvalue weighted by molar-refractivity contribution is 5.90. The van der Waals surface area contributed by atoms with Gasteiger partial charge in [0.1, 0.15) is 0 Å². The summed E-state index contributed by atoms with van der Waals surface area (Å²) in [4.78, 5) is 4.83. The molecular weight excluding hydrogens is 677 g/mol. The van der Waals surface area contributed by atoms with Crippen molar-refractivity contribution in [2.75, 3.05) is 9.80 Å². The summed E-state index contributed by atoms with van der Waals surface area (Å²) < 4.78 is 0. The Morgan fingerprint density at radius 2 is 0.857 bits per heavy atom. The fourth-order valence-corrected chi connectivity index (χ4v) is 8.03. The van der Waals surface area contributed by atoms with Gasteiger partial charge in [-0.1, -0.05) is 164 Å². The minimum atomic E-state index is 0.949. The van der Waals surface area contributed by atoms with Gasteiger partial charge >= 0.3 is 0 Å². The van der Waals surface area contributed by atoms with Crippen LogP contribution in [0.4, 0.5) is 28.4 Å². The zero-order chi connectivity index (χ0) is 37.5. The highest BCUT2D eigenvalue weighted by Gasteiger charge is 2.22. The number of para-hydroxylation sites is 3. The molecule has 0 fully saturated rings. The average Bonchev–Trinajstić information content (AvgIpc) is 3.29. The smallest absolute Gasteiger partial charge is 0.0540 e. The topological polar surface area (TPSA) is 6.48 Å². The maximum Gasteiger partial charge on any atom is 0.0540 e. The summed E-state index contributed by atoms with van der Waals surface area (Å²) in [5.41, 5.74) is 17.0. The molecule has 0 radical (unpaired) electrons. The largest absolute Gasteiger partial charge is 0.314 e. The Labute approximate surface area is 331 Å². The molecule has 9 rings (SSSR count). The molecule has 0 aliphatic heterocycles. The van der Waals surface area contributed by atoms with Crippen LogP contribution in [-0.2, 0) is 0 Å². The van der Waals surface area contributed by atoms with Gasteiger partial charge in [-0.05, 0) is 114 Å². The van der Waals surface area contributed by atoms with E-state index in [1.54, 1.807) is 0 Å². The fraction of sp³-hybridized carbons (Fsp3) is 0.0741. The van der Waals surface area contributed by atoms with Gasteiger partial charge in [-0.25, -0.2) is 0 Å². The zero-order valence-electron chi connectivity index (χ0n) is 31.5. The van der Waals surface area contributed by atoms with Gasteiger partial charge in [0.15, 0.2) is 0 Å². The molecule has 7 aromatic rings. The third kappa shape index (κ3) is 7.30. The Kier molecular flexibility index (Phi) is 10.1. The van der Waals surface area contributed by atoms with Crippen LogP contribution < -0.4 is 9.80 Å². The first-order valence-electron chi connectivity index (χ1n) is 19.7. The maximum atomic E-state index is 2.45. The quantitative estimate of drug-likeness (QED) is 0.139. The molecule has 0 aromatic heterocycles. The second kappa shape index (κ2) is 16.2. The van der Waals surface area contributed by atoms with Crippen LogP contribution in [0.15, 0.2) is 224 Å². The predicted molar refractivity (Wildman–Crippen MR) is 239 cm³/mol. The number of anilines is 5. The molecule has 270 valence electrons. The van der Waals surface area contributed by atoms with Gasteiger partial charge < -0.3 is 9.80 Å². The number of benzene rings is 7. The van der Waals surface area contributed by atoms with Crippen molar-refractivity contribution in [2.45, 2.75) is 25.7 Å². The van der Waals surface area contributed by atoms with Crippen molar-refractivity contribution in [2.24, 2.45) is 0 Å². The predicted octanol–water partition coefficient (Wildman–Crippen LogP) is 15.1. The van der Waals surface area contributed by atoms with E-state index in [1.165, 1.54) is 50.2 Å². The van der Waals surface area contributed by atoms with Crippen LogP contribution in [0.3, 0.4) is 0 Å². The van der Waals surface area contributed by atoms with E-state index in [0.717, 1.165) is 54.1 Å². The van der Waals surface area contributed by atoms with Crippen molar-refractivity contribution >= 4 is 39.6 Å². The van der Waals surface area contributed by atoms with Crippen LogP contribution in [0, 0.1) is 0 Å². The Balaban J connectivity index is 1.08. The second-order valence-electron chi connectivity index (χ2n) is 14.4. The number of allylic oxidation sites excluding steroid dienone is 8. The fourth-order valence-electron chi connectivity index (χ4n) is 8.03. The van der Waals surface area contributed by atoms with E-state index in [0.29, 0.717) is 0 Å². The average molecular weight is 721 g/mol. The van der Waals surface area contributed by atoms with Gasteiger partial charge in [-0.2, -0.15) is 0 Å². The van der Waals surface area contributed by atoms with Crippen molar-refractivity contribution in [3.8, 4) is 22.3 Å². The molecular formula is C54H44N2. The van der Waals surface area contributed by atoms with Crippen molar-refractivity contribution in [3.63, 3.8) is 0 Å². The van der Waals surface area contributed by atoms with Crippen molar-refractivity contribution in [1.29, 1.82) is 0 Å². The minimum Gasteiger partial charge on any atom is -0.314 e. The molecule has 2 nitrogen and oxygen atoms in total. The van der Waals surface area contributed by atoms with Crippen LogP contribution in [0.1, 0.15) is 36.8 Å². The Morgan fingerprint density at radius 3 is 1.52 bits per heavy atom. The van der Waals surface area contributed by atoms with Crippen LogP contribution in [-0.4, -0.2) is 0 Å². The molecule has 2 heteroatoms. The number of hydrogen-bond donors (Lipinski definition) is 0. The van der Waals surface area contributed by atoms with Gasteiger partial charge in [0.2, 0.25) is 0 Å². The molecule has 0 saturated carbocycles. The highest BCUT2D eigenvalue weighted by atomic mass is 15.2. The molecule has 0 heterocycles. The first-order valence-corrected chi connectivity index (χ1v) is 19.7. The normalized spacial score (nSPS) is 13.7. The molecule has 2 aliphatic rings. The maximum absolute atomic E-state index is 2.45. The van der Waals surface area contributed by atoms with E-state index in [2.05, 4.69) is 228 Å². The summed E-state index contributed by atoms with van der Waals surface area (Å²) in [6, 6.07) is 68.1. The van der Waals surface area contributed by atoms with Crippen LogP contribution in [0.5, 0.6) is 0 Å². The summed E-state index contributed by atoms with van der Waals surface area (Å²) in [7, 11) is 0. The standard InChI is InChI=1S/C54H44N2/c1-5-17-41(18-6-1)43-33-37-49(38-34-43)55(47-21-9-3-10-22-47)53-27-15-13-25-51(53)45-29-31-46(32-30-45)52-26-14-16-28-54(52)56(48-23-11-4-12-24-48)50-39-35-44(36-40-50)42-19-7-2-8-20-42/h1-7,9-14,16-19,21-26,28-40H,8,15,20,27H2. The van der Waals surface area contributed by atoms with Gasteiger partial charge in [-0.3, -0.25) is 0 Å². The van der Waals surface area contributed by atoms with Crippen molar-refractivity contribution < 1.29 is 0 Å². The summed E-state index contributed by atoms with van der Waals surface area (Å²) >= 11 is 0. The molecule has 2 aliphatic carbocycles. The minimum absolute atomic E-state index is 0.949. The number of hydrogen-bond acceptors (Lipinski definition) is 2. The first-order chi connectivity index (χ1) is 27.8. The van der Waals surface area contributed by atoms with Crippen LogP contribution in [0.2, 0.25) is 0 Å². The number of nitrogens with zero attached hydrogens (tertiary/aromatic N) is 2. The molecule has 0 bridgehead atoms. The van der Waals surface area contributed by atoms with Crippen LogP contribution >= 0.6 is 0 Å². The van der Waals surface area contributed by atoms with Crippen molar-refractivity contribution in [3.05, 3.63) is 235 Å². The molecule has 0 spiro atoms. The molecule has 0 amide bonds. The van der Waals surface area contributed by atoms with E-state index >= 15 is 0 Å². The highest BCUT2D eigenvalue weighted by Crippen LogP contribution is 2.43. The van der Waals surface area contributed by atoms with Gasteiger partial charge in [-0.15, -0.1) is 0 Å². The lowest BCUT2D eigenvalue weighted by Gasteiger charge is -2.31. The van der Waals surface area contributed by atoms with Gasteiger partial charge in [0.05, 0.1) is 5.69 Å². The summed E-state index contributed by atoms with van der Waals surface area (Å²) in [5.74, 6) is 0. The number of rotatable bonds is 10.